The SMILES string of the molecule is CSc1ccc(-c2nc3cnccn3c2Nc2ccc(C(=O)NCc3ccccc3)cc2)cc1. The van der Waals surface area contributed by atoms with Crippen LogP contribution in [0.1, 0.15) is 15.9 Å². The number of hydrogen-bond donors (Lipinski definition) is 2. The Balaban J connectivity index is 1.38. The van der Waals surface area contributed by atoms with Crippen LogP contribution in [0.2, 0.25) is 0 Å². The molecule has 0 unspecified atom stereocenters. The lowest BCUT2D eigenvalue weighted by Crippen LogP contribution is -2.22. The van der Waals surface area contributed by atoms with E-state index >= 15 is 0 Å². The highest BCUT2D eigenvalue weighted by atomic mass is 32.2. The molecule has 0 saturated heterocycles. The van der Waals surface area contributed by atoms with E-state index in [1.807, 2.05) is 65.2 Å². The summed E-state index contributed by atoms with van der Waals surface area (Å²) in [6.45, 7) is 0.494. The van der Waals surface area contributed by atoms with Crippen molar-refractivity contribution >= 4 is 34.8 Å². The molecular weight excluding hydrogens is 442 g/mol. The van der Waals surface area contributed by atoms with Crippen molar-refractivity contribution in [3.63, 3.8) is 0 Å². The first-order valence-electron chi connectivity index (χ1n) is 10.9. The predicted molar refractivity (Wildman–Crippen MR) is 138 cm³/mol. The van der Waals surface area contributed by atoms with Crippen molar-refractivity contribution in [1.29, 1.82) is 0 Å². The first-order chi connectivity index (χ1) is 16.7. The van der Waals surface area contributed by atoms with Gasteiger partial charge in [-0.2, -0.15) is 0 Å². The summed E-state index contributed by atoms with van der Waals surface area (Å²) in [7, 11) is 0. The number of imidazole rings is 1. The van der Waals surface area contributed by atoms with Gasteiger partial charge in [-0.25, -0.2) is 4.98 Å². The molecule has 34 heavy (non-hydrogen) atoms. The molecule has 0 aliphatic carbocycles. The number of hydrogen-bond acceptors (Lipinski definition) is 5. The quantitative estimate of drug-likeness (QED) is 0.298. The molecule has 2 aromatic heterocycles. The van der Waals surface area contributed by atoms with Crippen LogP contribution in [-0.2, 0) is 6.54 Å². The number of nitrogens with zero attached hydrogens (tertiary/aromatic N) is 3. The number of fused-ring (bicyclic) bond motifs is 1. The number of aromatic nitrogens is 3. The van der Waals surface area contributed by atoms with Crippen LogP contribution in [0.25, 0.3) is 16.9 Å². The van der Waals surface area contributed by atoms with Crippen molar-refractivity contribution in [3.05, 3.63) is 109 Å². The molecule has 6 nitrogen and oxygen atoms in total. The summed E-state index contributed by atoms with van der Waals surface area (Å²) in [5, 5.41) is 6.44. The third-order valence-corrected chi connectivity index (χ3v) is 6.24. The summed E-state index contributed by atoms with van der Waals surface area (Å²) in [5.41, 5.74) is 5.14. The molecule has 0 aliphatic heterocycles. The normalized spacial score (nSPS) is 10.9. The minimum atomic E-state index is -0.106. The standard InChI is InChI=1S/C27H23N5OS/c1-34-23-13-9-20(10-14-23)25-26(32-16-15-28-18-24(32)31-25)30-22-11-7-21(8-12-22)27(33)29-17-19-5-3-2-4-6-19/h2-16,18,30H,17H2,1H3,(H,29,33). The Bertz CT molecular complexity index is 1410. The van der Waals surface area contributed by atoms with Gasteiger partial charge in [-0.3, -0.25) is 14.2 Å². The van der Waals surface area contributed by atoms with Crippen LogP contribution in [0, 0.1) is 0 Å². The average Bonchev–Trinajstić information content (AvgIpc) is 3.26. The van der Waals surface area contributed by atoms with Gasteiger partial charge in [0, 0.05) is 40.6 Å². The van der Waals surface area contributed by atoms with Crippen molar-refractivity contribution in [1.82, 2.24) is 19.7 Å². The van der Waals surface area contributed by atoms with E-state index in [4.69, 9.17) is 4.98 Å². The second-order valence-electron chi connectivity index (χ2n) is 7.71. The smallest absolute Gasteiger partial charge is 0.251 e. The second-order valence-corrected chi connectivity index (χ2v) is 8.59. The van der Waals surface area contributed by atoms with Crippen LogP contribution >= 0.6 is 11.8 Å². The third kappa shape index (κ3) is 4.65. The Morgan fingerprint density at radius 1 is 0.971 bits per heavy atom. The van der Waals surface area contributed by atoms with E-state index < -0.39 is 0 Å². The van der Waals surface area contributed by atoms with Gasteiger partial charge in [0.15, 0.2) is 5.65 Å². The Morgan fingerprint density at radius 2 is 1.74 bits per heavy atom. The molecule has 168 valence electrons. The fourth-order valence-corrected chi connectivity index (χ4v) is 4.11. The molecule has 2 N–H and O–H groups in total. The van der Waals surface area contributed by atoms with Crippen LogP contribution in [0.3, 0.4) is 0 Å². The number of thioether (sulfide) groups is 1. The van der Waals surface area contributed by atoms with Gasteiger partial charge in [-0.1, -0.05) is 42.5 Å². The minimum absolute atomic E-state index is 0.106. The van der Waals surface area contributed by atoms with Crippen LogP contribution in [-0.4, -0.2) is 26.5 Å². The Labute approximate surface area is 202 Å². The highest BCUT2D eigenvalue weighted by molar-refractivity contribution is 7.98. The van der Waals surface area contributed by atoms with Crippen LogP contribution in [0.4, 0.5) is 11.5 Å². The zero-order chi connectivity index (χ0) is 23.3. The van der Waals surface area contributed by atoms with Crippen LogP contribution in [0.5, 0.6) is 0 Å². The highest BCUT2D eigenvalue weighted by Crippen LogP contribution is 2.32. The molecule has 0 fully saturated rings. The largest absolute Gasteiger partial charge is 0.348 e. The fraction of sp³-hybridized carbons (Fsp3) is 0.0741. The number of carbonyl (C=O) groups is 1. The van der Waals surface area contributed by atoms with Crippen molar-refractivity contribution < 1.29 is 4.79 Å². The zero-order valence-corrected chi connectivity index (χ0v) is 19.4. The Kier molecular flexibility index (Phi) is 6.27. The summed E-state index contributed by atoms with van der Waals surface area (Å²) >= 11 is 1.71. The van der Waals surface area contributed by atoms with Gasteiger partial charge in [0.2, 0.25) is 0 Å². The maximum absolute atomic E-state index is 12.6. The fourth-order valence-electron chi connectivity index (χ4n) is 3.70. The second kappa shape index (κ2) is 9.80. The van der Waals surface area contributed by atoms with E-state index in [1.165, 1.54) is 4.90 Å². The van der Waals surface area contributed by atoms with Crippen LogP contribution < -0.4 is 10.6 Å². The number of nitrogens with one attached hydrogen (secondary N) is 2. The van der Waals surface area contributed by atoms with E-state index in [1.54, 1.807) is 24.2 Å². The number of amides is 1. The van der Waals surface area contributed by atoms with E-state index in [0.29, 0.717) is 12.1 Å². The molecule has 0 saturated carbocycles. The molecule has 1 amide bonds. The molecule has 0 radical (unpaired) electrons. The first-order valence-corrected chi connectivity index (χ1v) is 12.1. The van der Waals surface area contributed by atoms with E-state index in [0.717, 1.165) is 34.0 Å². The van der Waals surface area contributed by atoms with Crippen molar-refractivity contribution in [2.75, 3.05) is 11.6 Å². The molecule has 0 aliphatic rings. The van der Waals surface area contributed by atoms with Gasteiger partial charge in [-0.15, -0.1) is 11.8 Å². The lowest BCUT2D eigenvalue weighted by atomic mass is 10.1. The van der Waals surface area contributed by atoms with E-state index in [2.05, 4.69) is 46.1 Å². The molecular formula is C27H23N5OS. The number of benzene rings is 3. The monoisotopic (exact) mass is 465 g/mol. The van der Waals surface area contributed by atoms with E-state index in [9.17, 15) is 4.79 Å². The predicted octanol–water partition coefficient (Wildman–Crippen LogP) is 5.79. The summed E-state index contributed by atoms with van der Waals surface area (Å²) < 4.78 is 1.98. The van der Waals surface area contributed by atoms with Gasteiger partial charge < -0.3 is 10.6 Å². The Morgan fingerprint density at radius 3 is 2.47 bits per heavy atom. The summed E-state index contributed by atoms with van der Waals surface area (Å²) in [4.78, 5) is 22.8. The Hall–Kier alpha value is -4.10. The molecule has 7 heteroatoms. The molecule has 5 aromatic rings. The van der Waals surface area contributed by atoms with Crippen LogP contribution in [0.15, 0.2) is 102 Å². The molecule has 5 rings (SSSR count). The topological polar surface area (TPSA) is 71.3 Å². The van der Waals surface area contributed by atoms with E-state index in [-0.39, 0.29) is 5.91 Å². The van der Waals surface area contributed by atoms with Crippen molar-refractivity contribution in [2.24, 2.45) is 0 Å². The minimum Gasteiger partial charge on any atom is -0.348 e. The first kappa shape index (κ1) is 21.7. The summed E-state index contributed by atoms with van der Waals surface area (Å²) in [6, 6.07) is 25.6. The maximum atomic E-state index is 12.6. The lowest BCUT2D eigenvalue weighted by Gasteiger charge is -2.10. The van der Waals surface area contributed by atoms with Gasteiger partial charge in [0.25, 0.3) is 5.91 Å². The summed E-state index contributed by atoms with van der Waals surface area (Å²) in [5.74, 6) is 0.737. The average molecular weight is 466 g/mol. The van der Waals surface area contributed by atoms with Gasteiger partial charge in [0.1, 0.15) is 11.5 Å². The highest BCUT2D eigenvalue weighted by Gasteiger charge is 2.15. The third-order valence-electron chi connectivity index (χ3n) is 5.50. The van der Waals surface area contributed by atoms with Gasteiger partial charge in [0.05, 0.1) is 6.20 Å². The number of carbonyl (C=O) groups excluding carboxylic acids is 1. The van der Waals surface area contributed by atoms with Crippen molar-refractivity contribution in [3.8, 4) is 11.3 Å². The molecule has 2 heterocycles. The molecule has 0 atom stereocenters. The molecule has 0 spiro atoms. The summed E-state index contributed by atoms with van der Waals surface area (Å²) in [6.07, 6.45) is 7.42. The lowest BCUT2D eigenvalue weighted by molar-refractivity contribution is 0.0951. The molecule has 0 bridgehead atoms. The van der Waals surface area contributed by atoms with Gasteiger partial charge >= 0.3 is 0 Å². The van der Waals surface area contributed by atoms with Gasteiger partial charge in [-0.05, 0) is 48.2 Å². The maximum Gasteiger partial charge on any atom is 0.251 e. The number of anilines is 2. The molecule has 3 aromatic carbocycles. The zero-order valence-electron chi connectivity index (χ0n) is 18.6. The number of rotatable bonds is 7. The van der Waals surface area contributed by atoms with Crippen molar-refractivity contribution in [2.45, 2.75) is 11.4 Å².